The molecule has 0 unspecified atom stereocenters. The fourth-order valence-corrected chi connectivity index (χ4v) is 7.58. The van der Waals surface area contributed by atoms with Crippen LogP contribution in [0.15, 0.2) is 146 Å². The minimum absolute atomic E-state index is 0.722. The summed E-state index contributed by atoms with van der Waals surface area (Å²) in [5, 5.41) is 8.02. The predicted octanol–water partition coefficient (Wildman–Crippen LogP) is 11.3. The van der Waals surface area contributed by atoms with Gasteiger partial charge in [-0.15, -0.1) is 11.3 Å². The molecule has 0 saturated carbocycles. The van der Waals surface area contributed by atoms with Gasteiger partial charge < -0.3 is 0 Å². The van der Waals surface area contributed by atoms with Gasteiger partial charge in [-0.3, -0.25) is 0 Å². The van der Waals surface area contributed by atoms with Gasteiger partial charge in [0.25, 0.3) is 0 Å². The zero-order valence-corrected chi connectivity index (χ0v) is 24.0. The Labute approximate surface area is 252 Å². The molecule has 0 saturated heterocycles. The summed E-state index contributed by atoms with van der Waals surface area (Å²) >= 11 is 1.89. The second kappa shape index (κ2) is 9.59. The van der Waals surface area contributed by atoms with E-state index in [1.165, 1.54) is 47.3 Å². The monoisotopic (exact) mass is 564 g/mol. The summed E-state index contributed by atoms with van der Waals surface area (Å²) in [7, 11) is 0. The highest BCUT2D eigenvalue weighted by molar-refractivity contribution is 7.26. The van der Waals surface area contributed by atoms with E-state index in [0.29, 0.717) is 0 Å². The van der Waals surface area contributed by atoms with Crippen LogP contribution in [0.1, 0.15) is 0 Å². The van der Waals surface area contributed by atoms with E-state index in [2.05, 4.69) is 133 Å². The van der Waals surface area contributed by atoms with Crippen molar-refractivity contribution in [1.82, 2.24) is 9.97 Å². The smallest absolute Gasteiger partial charge is 0.160 e. The molecule has 0 spiro atoms. The van der Waals surface area contributed by atoms with Gasteiger partial charge in [0.05, 0.1) is 11.4 Å². The molecule has 2 heterocycles. The molecule has 0 aliphatic heterocycles. The lowest BCUT2D eigenvalue weighted by Gasteiger charge is -2.12. The fraction of sp³-hybridized carbons (Fsp3) is 0. The fourth-order valence-electron chi connectivity index (χ4n) is 6.42. The van der Waals surface area contributed by atoms with Gasteiger partial charge in [0.1, 0.15) is 0 Å². The van der Waals surface area contributed by atoms with Gasteiger partial charge in [-0.2, -0.15) is 0 Å². The lowest BCUT2D eigenvalue weighted by Crippen LogP contribution is -1.96. The maximum absolute atomic E-state index is 5.06. The first-order valence-electron chi connectivity index (χ1n) is 14.5. The van der Waals surface area contributed by atoms with Crippen molar-refractivity contribution in [3.05, 3.63) is 146 Å². The second-order valence-electron chi connectivity index (χ2n) is 11.0. The normalized spacial score (nSPS) is 11.7. The van der Waals surface area contributed by atoms with Crippen molar-refractivity contribution in [2.45, 2.75) is 0 Å². The Morgan fingerprint density at radius 1 is 0.349 bits per heavy atom. The molecule has 0 atom stereocenters. The molecular weight excluding hydrogens is 541 g/mol. The topological polar surface area (TPSA) is 25.8 Å². The molecular formula is C40H24N2S. The first-order chi connectivity index (χ1) is 21.3. The largest absolute Gasteiger partial charge is 0.228 e. The molecule has 0 amide bonds. The lowest BCUT2D eigenvalue weighted by molar-refractivity contribution is 1.18. The summed E-state index contributed by atoms with van der Waals surface area (Å²) in [5.41, 5.74) is 7.31. The van der Waals surface area contributed by atoms with Crippen LogP contribution in [0.25, 0.3) is 86.7 Å². The molecule has 2 nitrogen and oxygen atoms in total. The molecule has 2 aromatic heterocycles. The van der Waals surface area contributed by atoms with E-state index < -0.39 is 0 Å². The van der Waals surface area contributed by atoms with Gasteiger partial charge in [-0.1, -0.05) is 115 Å². The standard InChI is InChI=1S/C40H24N2S/c1-3-10-25(11-4-1)34-24-35(26-12-5-2-6-13-26)42-40(41-34)29-15-7-14-27(22-29)28-20-21-30-31-16-8-18-36-38(31)39-32(33(30)23-28)17-9-19-37(39)43-36/h1-24H. The van der Waals surface area contributed by atoms with Crippen LogP contribution in [-0.4, -0.2) is 9.97 Å². The highest BCUT2D eigenvalue weighted by atomic mass is 32.1. The van der Waals surface area contributed by atoms with Crippen molar-refractivity contribution in [2.75, 3.05) is 0 Å². The molecule has 0 radical (unpaired) electrons. The van der Waals surface area contributed by atoms with Crippen LogP contribution < -0.4 is 0 Å². The van der Waals surface area contributed by atoms with Crippen molar-refractivity contribution >= 4 is 53.1 Å². The summed E-state index contributed by atoms with van der Waals surface area (Å²) in [5.74, 6) is 0.722. The lowest BCUT2D eigenvalue weighted by atomic mass is 9.92. The summed E-state index contributed by atoms with van der Waals surface area (Å²) in [6.45, 7) is 0. The quantitative estimate of drug-likeness (QED) is 0.199. The zero-order chi connectivity index (χ0) is 28.3. The summed E-state index contributed by atoms with van der Waals surface area (Å²) in [6.07, 6.45) is 0. The van der Waals surface area contributed by atoms with Crippen LogP contribution in [0.2, 0.25) is 0 Å². The van der Waals surface area contributed by atoms with Crippen LogP contribution in [-0.2, 0) is 0 Å². The van der Waals surface area contributed by atoms with Crippen LogP contribution in [0.3, 0.4) is 0 Å². The van der Waals surface area contributed by atoms with Crippen LogP contribution in [0.5, 0.6) is 0 Å². The van der Waals surface area contributed by atoms with E-state index in [1.54, 1.807) is 0 Å². The first-order valence-corrected chi connectivity index (χ1v) is 15.3. The Morgan fingerprint density at radius 2 is 0.884 bits per heavy atom. The average molecular weight is 565 g/mol. The predicted molar refractivity (Wildman–Crippen MR) is 183 cm³/mol. The van der Waals surface area contributed by atoms with Crippen LogP contribution in [0, 0.1) is 0 Å². The van der Waals surface area contributed by atoms with Gasteiger partial charge in [-0.05, 0) is 63.0 Å². The number of benzene rings is 7. The van der Waals surface area contributed by atoms with Gasteiger partial charge in [0.2, 0.25) is 0 Å². The Kier molecular flexibility index (Phi) is 5.40. The summed E-state index contributed by atoms with van der Waals surface area (Å²) < 4.78 is 2.71. The minimum atomic E-state index is 0.722. The van der Waals surface area contributed by atoms with E-state index in [0.717, 1.165) is 39.5 Å². The number of rotatable bonds is 4. The molecule has 43 heavy (non-hydrogen) atoms. The maximum atomic E-state index is 5.06. The average Bonchev–Trinajstić information content (AvgIpc) is 3.48. The molecule has 7 aromatic carbocycles. The minimum Gasteiger partial charge on any atom is -0.228 e. The van der Waals surface area contributed by atoms with Crippen molar-refractivity contribution < 1.29 is 0 Å². The van der Waals surface area contributed by atoms with E-state index in [-0.39, 0.29) is 0 Å². The molecule has 3 heteroatoms. The van der Waals surface area contributed by atoms with Crippen molar-refractivity contribution in [3.63, 3.8) is 0 Å². The molecule has 9 aromatic rings. The van der Waals surface area contributed by atoms with Crippen LogP contribution in [0.4, 0.5) is 0 Å². The van der Waals surface area contributed by atoms with Gasteiger partial charge >= 0.3 is 0 Å². The second-order valence-corrected chi connectivity index (χ2v) is 12.1. The first kappa shape index (κ1) is 24.2. The van der Waals surface area contributed by atoms with Crippen LogP contribution >= 0.6 is 11.3 Å². The number of hydrogen-bond acceptors (Lipinski definition) is 3. The number of hydrogen-bond donors (Lipinski definition) is 0. The Bertz CT molecular complexity index is 2380. The highest BCUT2D eigenvalue weighted by Crippen LogP contribution is 2.45. The molecule has 0 aliphatic rings. The highest BCUT2D eigenvalue weighted by Gasteiger charge is 2.16. The maximum Gasteiger partial charge on any atom is 0.160 e. The number of aromatic nitrogens is 2. The van der Waals surface area contributed by atoms with E-state index in [1.807, 2.05) is 23.5 Å². The summed E-state index contributed by atoms with van der Waals surface area (Å²) in [6, 6.07) is 51.7. The number of fused-ring (bicyclic) bond motifs is 3. The molecule has 9 rings (SSSR count). The van der Waals surface area contributed by atoms with Gasteiger partial charge in [0.15, 0.2) is 5.82 Å². The molecule has 0 aliphatic carbocycles. The Hall–Kier alpha value is -5.38. The van der Waals surface area contributed by atoms with Crippen molar-refractivity contribution in [2.24, 2.45) is 0 Å². The zero-order valence-electron chi connectivity index (χ0n) is 23.2. The third-order valence-electron chi connectivity index (χ3n) is 8.44. The summed E-state index contributed by atoms with van der Waals surface area (Å²) in [4.78, 5) is 10.1. The third kappa shape index (κ3) is 3.93. The Morgan fingerprint density at radius 3 is 1.53 bits per heavy atom. The van der Waals surface area contributed by atoms with Gasteiger partial charge in [-0.25, -0.2) is 9.97 Å². The molecule has 0 bridgehead atoms. The molecule has 0 N–H and O–H groups in total. The SMILES string of the molecule is c1ccc(-c2cc(-c3ccccc3)nc(-c3cccc(-c4ccc5c(c4)c4cccc6sc7cccc5c7c64)c3)n2)cc1. The number of nitrogens with zero attached hydrogens (tertiary/aromatic N) is 2. The number of thiophene rings is 1. The van der Waals surface area contributed by atoms with Gasteiger partial charge in [0, 0.05) is 36.9 Å². The van der Waals surface area contributed by atoms with Crippen molar-refractivity contribution in [3.8, 4) is 45.0 Å². The molecule has 200 valence electrons. The van der Waals surface area contributed by atoms with Crippen molar-refractivity contribution in [1.29, 1.82) is 0 Å². The Balaban J connectivity index is 1.22. The molecule has 0 fully saturated rings. The van der Waals surface area contributed by atoms with E-state index >= 15 is 0 Å². The van der Waals surface area contributed by atoms with E-state index in [9.17, 15) is 0 Å². The van der Waals surface area contributed by atoms with E-state index in [4.69, 9.17) is 9.97 Å². The third-order valence-corrected chi connectivity index (χ3v) is 9.56.